The lowest BCUT2D eigenvalue weighted by Gasteiger charge is -2.14. The first-order valence-electron chi connectivity index (χ1n) is 5.20. The molecule has 0 heterocycles. The summed E-state index contributed by atoms with van der Waals surface area (Å²) >= 11 is 0. The SMILES string of the molecule is C=C(C)C(=O)OC(O)CCC(O)CCC. The number of esters is 1. The number of aliphatic hydroxyl groups excluding tert-OH is 2. The van der Waals surface area contributed by atoms with Crippen molar-refractivity contribution in [3.05, 3.63) is 12.2 Å². The molecule has 15 heavy (non-hydrogen) atoms. The average Bonchev–Trinajstić information content (AvgIpc) is 2.15. The summed E-state index contributed by atoms with van der Waals surface area (Å²) in [6.07, 6.45) is 0.678. The predicted octanol–water partition coefficient (Wildman–Crippen LogP) is 1.37. The maximum Gasteiger partial charge on any atom is 0.335 e. The number of hydrogen-bond acceptors (Lipinski definition) is 4. The summed E-state index contributed by atoms with van der Waals surface area (Å²) in [6.45, 7) is 6.89. The molecule has 0 saturated heterocycles. The average molecular weight is 216 g/mol. The molecule has 4 nitrogen and oxygen atoms in total. The van der Waals surface area contributed by atoms with E-state index in [4.69, 9.17) is 0 Å². The Balaban J connectivity index is 3.70. The lowest BCUT2D eigenvalue weighted by molar-refractivity contribution is -0.164. The summed E-state index contributed by atoms with van der Waals surface area (Å²) in [5.41, 5.74) is 0.253. The van der Waals surface area contributed by atoms with Crippen LogP contribution in [0.25, 0.3) is 0 Å². The van der Waals surface area contributed by atoms with Crippen molar-refractivity contribution in [2.75, 3.05) is 0 Å². The Kier molecular flexibility index (Phi) is 6.99. The number of aliphatic hydroxyl groups is 2. The van der Waals surface area contributed by atoms with E-state index < -0.39 is 18.4 Å². The molecular weight excluding hydrogens is 196 g/mol. The van der Waals surface area contributed by atoms with E-state index in [1.165, 1.54) is 6.92 Å². The standard InChI is InChI=1S/C11H20O4/c1-4-5-9(12)6-7-10(13)15-11(14)8(2)3/h9-10,12-13H,2,4-7H2,1,3H3. The van der Waals surface area contributed by atoms with E-state index >= 15 is 0 Å². The van der Waals surface area contributed by atoms with Crippen molar-refractivity contribution in [1.29, 1.82) is 0 Å². The highest BCUT2D eigenvalue weighted by Crippen LogP contribution is 2.08. The van der Waals surface area contributed by atoms with Crippen LogP contribution in [0.5, 0.6) is 0 Å². The van der Waals surface area contributed by atoms with Crippen LogP contribution in [-0.2, 0) is 9.53 Å². The highest BCUT2D eigenvalue weighted by Gasteiger charge is 2.13. The molecule has 0 amide bonds. The minimum Gasteiger partial charge on any atom is -0.433 e. The van der Waals surface area contributed by atoms with Crippen LogP contribution < -0.4 is 0 Å². The van der Waals surface area contributed by atoms with Crippen LogP contribution in [0.1, 0.15) is 39.5 Å². The van der Waals surface area contributed by atoms with Crippen molar-refractivity contribution in [3.63, 3.8) is 0 Å². The van der Waals surface area contributed by atoms with Gasteiger partial charge in [0.2, 0.25) is 6.29 Å². The highest BCUT2D eigenvalue weighted by molar-refractivity contribution is 5.86. The second-order valence-electron chi connectivity index (χ2n) is 3.66. The summed E-state index contributed by atoms with van der Waals surface area (Å²) < 4.78 is 4.65. The molecule has 0 aromatic rings. The molecule has 0 aliphatic carbocycles. The smallest absolute Gasteiger partial charge is 0.335 e. The Morgan fingerprint density at radius 2 is 1.93 bits per heavy atom. The summed E-state index contributed by atoms with van der Waals surface area (Å²) in [4.78, 5) is 11.0. The van der Waals surface area contributed by atoms with E-state index in [1.54, 1.807) is 0 Å². The third-order valence-electron chi connectivity index (χ3n) is 1.96. The molecule has 0 aliphatic rings. The van der Waals surface area contributed by atoms with Gasteiger partial charge in [0.05, 0.1) is 6.10 Å². The van der Waals surface area contributed by atoms with E-state index in [9.17, 15) is 15.0 Å². The summed E-state index contributed by atoms with van der Waals surface area (Å²) in [5.74, 6) is -0.604. The molecule has 88 valence electrons. The molecule has 0 saturated carbocycles. The summed E-state index contributed by atoms with van der Waals surface area (Å²) in [5, 5.41) is 18.7. The van der Waals surface area contributed by atoms with Crippen LogP contribution in [0.4, 0.5) is 0 Å². The molecule has 0 fully saturated rings. The van der Waals surface area contributed by atoms with Gasteiger partial charge < -0.3 is 14.9 Å². The summed E-state index contributed by atoms with van der Waals surface area (Å²) in [7, 11) is 0. The van der Waals surface area contributed by atoms with Crippen molar-refractivity contribution in [2.24, 2.45) is 0 Å². The van der Waals surface area contributed by atoms with Crippen molar-refractivity contribution in [3.8, 4) is 0 Å². The lowest BCUT2D eigenvalue weighted by Crippen LogP contribution is -2.20. The van der Waals surface area contributed by atoms with E-state index in [0.717, 1.165) is 6.42 Å². The quantitative estimate of drug-likeness (QED) is 0.383. The molecule has 0 spiro atoms. The van der Waals surface area contributed by atoms with Gasteiger partial charge in [0, 0.05) is 12.0 Å². The minimum absolute atomic E-state index is 0.250. The van der Waals surface area contributed by atoms with Gasteiger partial charge in [-0.25, -0.2) is 4.79 Å². The third-order valence-corrected chi connectivity index (χ3v) is 1.96. The summed E-state index contributed by atoms with van der Waals surface area (Å²) in [6, 6.07) is 0. The highest BCUT2D eigenvalue weighted by atomic mass is 16.6. The minimum atomic E-state index is -1.15. The molecule has 0 aliphatic heterocycles. The zero-order valence-corrected chi connectivity index (χ0v) is 9.40. The van der Waals surface area contributed by atoms with Gasteiger partial charge in [0.15, 0.2) is 0 Å². The Morgan fingerprint density at radius 1 is 1.33 bits per heavy atom. The van der Waals surface area contributed by atoms with Gasteiger partial charge in [-0.2, -0.15) is 0 Å². The Morgan fingerprint density at radius 3 is 2.40 bits per heavy atom. The second-order valence-corrected chi connectivity index (χ2v) is 3.66. The molecule has 0 radical (unpaired) electrons. The van der Waals surface area contributed by atoms with Crippen LogP contribution in [0.2, 0.25) is 0 Å². The van der Waals surface area contributed by atoms with Crippen LogP contribution in [0, 0.1) is 0 Å². The van der Waals surface area contributed by atoms with Crippen molar-refractivity contribution < 1.29 is 19.7 Å². The largest absolute Gasteiger partial charge is 0.433 e. The Labute approximate surface area is 90.6 Å². The van der Waals surface area contributed by atoms with Crippen LogP contribution in [0.3, 0.4) is 0 Å². The van der Waals surface area contributed by atoms with Gasteiger partial charge in [0.1, 0.15) is 0 Å². The molecule has 0 aromatic heterocycles. The van der Waals surface area contributed by atoms with Gasteiger partial charge in [0.25, 0.3) is 0 Å². The Hall–Kier alpha value is -0.870. The molecule has 0 aromatic carbocycles. The van der Waals surface area contributed by atoms with Crippen LogP contribution in [-0.4, -0.2) is 28.6 Å². The van der Waals surface area contributed by atoms with Gasteiger partial charge in [-0.3, -0.25) is 0 Å². The van der Waals surface area contributed by atoms with E-state index in [0.29, 0.717) is 12.8 Å². The molecule has 4 heteroatoms. The molecule has 2 atom stereocenters. The van der Waals surface area contributed by atoms with Crippen molar-refractivity contribution in [2.45, 2.75) is 51.9 Å². The van der Waals surface area contributed by atoms with Gasteiger partial charge in [-0.15, -0.1) is 0 Å². The number of ether oxygens (including phenoxy) is 1. The number of carbonyl (C=O) groups excluding carboxylic acids is 1. The first-order chi connectivity index (χ1) is 6.97. The van der Waals surface area contributed by atoms with E-state index in [-0.39, 0.29) is 12.0 Å². The molecular formula is C11H20O4. The number of hydrogen-bond donors (Lipinski definition) is 2. The van der Waals surface area contributed by atoms with Crippen molar-refractivity contribution >= 4 is 5.97 Å². The van der Waals surface area contributed by atoms with Gasteiger partial charge >= 0.3 is 5.97 Å². The maximum atomic E-state index is 11.0. The monoisotopic (exact) mass is 216 g/mol. The van der Waals surface area contributed by atoms with E-state index in [2.05, 4.69) is 11.3 Å². The van der Waals surface area contributed by atoms with Crippen LogP contribution >= 0.6 is 0 Å². The Bertz CT molecular complexity index is 213. The van der Waals surface area contributed by atoms with Gasteiger partial charge in [-0.1, -0.05) is 19.9 Å². The predicted molar refractivity (Wildman–Crippen MR) is 57.1 cm³/mol. The lowest BCUT2D eigenvalue weighted by atomic mass is 10.1. The second kappa shape index (κ2) is 7.43. The zero-order chi connectivity index (χ0) is 11.8. The van der Waals surface area contributed by atoms with Crippen LogP contribution in [0.15, 0.2) is 12.2 Å². The topological polar surface area (TPSA) is 66.8 Å². The first kappa shape index (κ1) is 14.1. The number of carbonyl (C=O) groups is 1. The maximum absolute atomic E-state index is 11.0. The first-order valence-corrected chi connectivity index (χ1v) is 5.20. The fraction of sp³-hybridized carbons (Fsp3) is 0.727. The van der Waals surface area contributed by atoms with E-state index in [1.807, 2.05) is 6.92 Å². The fourth-order valence-corrected chi connectivity index (χ4v) is 1.10. The number of rotatable bonds is 7. The van der Waals surface area contributed by atoms with Gasteiger partial charge in [-0.05, 0) is 19.8 Å². The molecule has 2 unspecified atom stereocenters. The molecule has 0 bridgehead atoms. The molecule has 2 N–H and O–H groups in total. The third kappa shape index (κ3) is 7.11. The zero-order valence-electron chi connectivity index (χ0n) is 9.40. The fourth-order valence-electron chi connectivity index (χ4n) is 1.10. The van der Waals surface area contributed by atoms with Crippen molar-refractivity contribution in [1.82, 2.24) is 0 Å². The molecule has 0 rings (SSSR count). The normalized spacial score (nSPS) is 14.4.